The SMILES string of the molecule is CCC(c1ccc(F)cc1F)N1CCN(CC2CCNCC2)CC1. The molecule has 134 valence electrons. The van der Waals surface area contributed by atoms with E-state index in [1.807, 2.05) is 0 Å². The van der Waals surface area contributed by atoms with Gasteiger partial charge in [-0.3, -0.25) is 4.90 Å². The van der Waals surface area contributed by atoms with E-state index >= 15 is 0 Å². The van der Waals surface area contributed by atoms with Gasteiger partial charge in [0, 0.05) is 50.4 Å². The standard InChI is InChI=1S/C19H29F2N3/c1-2-19(17-4-3-16(20)13-18(17)21)24-11-9-23(10-12-24)14-15-5-7-22-8-6-15/h3-4,13,15,19,22H,2,5-12,14H2,1H3. The van der Waals surface area contributed by atoms with Crippen LogP contribution in [0.25, 0.3) is 0 Å². The molecule has 0 aromatic heterocycles. The van der Waals surface area contributed by atoms with Crippen LogP contribution in [0.1, 0.15) is 37.8 Å². The summed E-state index contributed by atoms with van der Waals surface area (Å²) in [4.78, 5) is 4.91. The molecule has 2 aliphatic heterocycles. The number of rotatable bonds is 5. The largest absolute Gasteiger partial charge is 0.317 e. The highest BCUT2D eigenvalue weighted by molar-refractivity contribution is 5.22. The predicted molar refractivity (Wildman–Crippen MR) is 93.0 cm³/mol. The molecular weight excluding hydrogens is 308 g/mol. The normalized spacial score (nSPS) is 22.6. The van der Waals surface area contributed by atoms with Crippen molar-refractivity contribution in [3.8, 4) is 0 Å². The lowest BCUT2D eigenvalue weighted by atomic mass is 9.97. The van der Waals surface area contributed by atoms with E-state index in [0.717, 1.165) is 57.7 Å². The Balaban J connectivity index is 1.56. The van der Waals surface area contributed by atoms with Gasteiger partial charge in [-0.25, -0.2) is 8.78 Å². The summed E-state index contributed by atoms with van der Waals surface area (Å²) in [6.07, 6.45) is 3.40. The average molecular weight is 337 g/mol. The topological polar surface area (TPSA) is 18.5 Å². The first-order valence-electron chi connectivity index (χ1n) is 9.29. The van der Waals surface area contributed by atoms with Gasteiger partial charge in [0.05, 0.1) is 0 Å². The van der Waals surface area contributed by atoms with Gasteiger partial charge in [-0.05, 0) is 44.3 Å². The maximum atomic E-state index is 14.1. The molecule has 3 rings (SSSR count). The van der Waals surface area contributed by atoms with E-state index in [0.29, 0.717) is 5.56 Å². The third kappa shape index (κ3) is 4.32. The molecule has 2 fully saturated rings. The Hall–Kier alpha value is -1.04. The van der Waals surface area contributed by atoms with Crippen LogP contribution in [0, 0.1) is 17.6 Å². The zero-order valence-electron chi connectivity index (χ0n) is 14.6. The van der Waals surface area contributed by atoms with Crippen molar-refractivity contribution in [2.45, 2.75) is 32.2 Å². The molecule has 0 bridgehead atoms. The number of nitrogens with one attached hydrogen (secondary N) is 1. The summed E-state index contributed by atoms with van der Waals surface area (Å²) in [7, 11) is 0. The van der Waals surface area contributed by atoms with E-state index in [1.165, 1.54) is 25.5 Å². The van der Waals surface area contributed by atoms with Crippen LogP contribution in [0.4, 0.5) is 8.78 Å². The smallest absolute Gasteiger partial charge is 0.130 e. The molecular formula is C19H29F2N3. The second-order valence-electron chi connectivity index (χ2n) is 7.12. The Morgan fingerprint density at radius 1 is 1.12 bits per heavy atom. The lowest BCUT2D eigenvalue weighted by Crippen LogP contribution is -2.49. The molecule has 0 aliphatic carbocycles. The van der Waals surface area contributed by atoms with Gasteiger partial charge in [0.2, 0.25) is 0 Å². The first-order chi connectivity index (χ1) is 11.7. The fraction of sp³-hybridized carbons (Fsp3) is 0.684. The lowest BCUT2D eigenvalue weighted by molar-refractivity contribution is 0.0786. The van der Waals surface area contributed by atoms with Crippen LogP contribution >= 0.6 is 0 Å². The van der Waals surface area contributed by atoms with Crippen LogP contribution in [-0.2, 0) is 0 Å². The molecule has 0 radical (unpaired) electrons. The van der Waals surface area contributed by atoms with E-state index in [9.17, 15) is 8.78 Å². The Labute approximate surface area is 144 Å². The molecule has 3 nitrogen and oxygen atoms in total. The quantitative estimate of drug-likeness (QED) is 0.891. The Kier molecular flexibility index (Phi) is 6.19. The van der Waals surface area contributed by atoms with Crippen molar-refractivity contribution in [2.75, 3.05) is 45.8 Å². The highest BCUT2D eigenvalue weighted by atomic mass is 19.1. The molecule has 5 heteroatoms. The van der Waals surface area contributed by atoms with Gasteiger partial charge in [0.1, 0.15) is 11.6 Å². The molecule has 2 saturated heterocycles. The van der Waals surface area contributed by atoms with Gasteiger partial charge in [-0.2, -0.15) is 0 Å². The third-order valence-corrected chi connectivity index (χ3v) is 5.53. The van der Waals surface area contributed by atoms with Crippen molar-refractivity contribution < 1.29 is 8.78 Å². The van der Waals surface area contributed by atoms with Gasteiger partial charge in [-0.15, -0.1) is 0 Å². The second-order valence-corrected chi connectivity index (χ2v) is 7.12. The minimum absolute atomic E-state index is 0.0478. The van der Waals surface area contributed by atoms with Gasteiger partial charge in [-0.1, -0.05) is 13.0 Å². The molecule has 24 heavy (non-hydrogen) atoms. The molecule has 2 aliphatic rings. The summed E-state index contributed by atoms with van der Waals surface area (Å²) in [5, 5.41) is 3.42. The van der Waals surface area contributed by atoms with Crippen LogP contribution < -0.4 is 5.32 Å². The van der Waals surface area contributed by atoms with Crippen molar-refractivity contribution >= 4 is 0 Å². The summed E-state index contributed by atoms with van der Waals surface area (Å²) in [6.45, 7) is 9.57. The fourth-order valence-corrected chi connectivity index (χ4v) is 4.13. The van der Waals surface area contributed by atoms with Crippen LogP contribution in [0.3, 0.4) is 0 Å². The number of piperidine rings is 1. The van der Waals surface area contributed by atoms with Gasteiger partial charge < -0.3 is 10.2 Å². The highest BCUT2D eigenvalue weighted by Crippen LogP contribution is 2.28. The molecule has 1 atom stereocenters. The second kappa shape index (κ2) is 8.37. The lowest BCUT2D eigenvalue weighted by Gasteiger charge is -2.40. The number of piperazine rings is 1. The van der Waals surface area contributed by atoms with Crippen molar-refractivity contribution in [1.82, 2.24) is 15.1 Å². The molecule has 1 aromatic carbocycles. The van der Waals surface area contributed by atoms with Crippen molar-refractivity contribution in [1.29, 1.82) is 0 Å². The van der Waals surface area contributed by atoms with Gasteiger partial charge >= 0.3 is 0 Å². The van der Waals surface area contributed by atoms with Gasteiger partial charge in [0.15, 0.2) is 0 Å². The number of halogens is 2. The maximum Gasteiger partial charge on any atom is 0.130 e. The van der Waals surface area contributed by atoms with E-state index in [-0.39, 0.29) is 6.04 Å². The summed E-state index contributed by atoms with van der Waals surface area (Å²) in [5.74, 6) is -0.105. The van der Waals surface area contributed by atoms with E-state index in [1.54, 1.807) is 6.07 Å². The van der Waals surface area contributed by atoms with Crippen molar-refractivity contribution in [3.05, 3.63) is 35.4 Å². The molecule has 1 aromatic rings. The summed E-state index contributed by atoms with van der Waals surface area (Å²) < 4.78 is 27.3. The van der Waals surface area contributed by atoms with Crippen molar-refractivity contribution in [3.63, 3.8) is 0 Å². The number of hydrogen-bond acceptors (Lipinski definition) is 3. The van der Waals surface area contributed by atoms with Crippen LogP contribution in [0.2, 0.25) is 0 Å². The molecule has 0 spiro atoms. The Morgan fingerprint density at radius 2 is 1.83 bits per heavy atom. The third-order valence-electron chi connectivity index (χ3n) is 5.53. The molecule has 2 heterocycles. The zero-order chi connectivity index (χ0) is 16.9. The summed E-state index contributed by atoms with van der Waals surface area (Å²) in [6, 6.07) is 4.03. The minimum atomic E-state index is -0.502. The average Bonchev–Trinajstić information content (AvgIpc) is 2.60. The van der Waals surface area contributed by atoms with Crippen LogP contribution in [-0.4, -0.2) is 55.6 Å². The highest BCUT2D eigenvalue weighted by Gasteiger charge is 2.27. The molecule has 0 amide bonds. The maximum absolute atomic E-state index is 14.1. The Bertz CT molecular complexity index is 523. The summed E-state index contributed by atoms with van der Waals surface area (Å²) >= 11 is 0. The monoisotopic (exact) mass is 337 g/mol. The minimum Gasteiger partial charge on any atom is -0.317 e. The summed E-state index contributed by atoms with van der Waals surface area (Å²) in [5.41, 5.74) is 0.630. The first-order valence-corrected chi connectivity index (χ1v) is 9.29. The zero-order valence-corrected chi connectivity index (χ0v) is 14.6. The number of benzene rings is 1. The van der Waals surface area contributed by atoms with Crippen LogP contribution in [0.15, 0.2) is 18.2 Å². The molecule has 0 saturated carbocycles. The van der Waals surface area contributed by atoms with E-state index < -0.39 is 11.6 Å². The molecule has 1 unspecified atom stereocenters. The fourth-order valence-electron chi connectivity index (χ4n) is 4.13. The van der Waals surface area contributed by atoms with Crippen LogP contribution in [0.5, 0.6) is 0 Å². The number of hydrogen-bond donors (Lipinski definition) is 1. The first kappa shape index (κ1) is 17.8. The predicted octanol–water partition coefficient (Wildman–Crippen LogP) is 3.03. The van der Waals surface area contributed by atoms with Gasteiger partial charge in [0.25, 0.3) is 0 Å². The van der Waals surface area contributed by atoms with E-state index in [4.69, 9.17) is 0 Å². The van der Waals surface area contributed by atoms with Crippen molar-refractivity contribution in [2.24, 2.45) is 5.92 Å². The number of nitrogens with zero attached hydrogens (tertiary/aromatic N) is 2. The Morgan fingerprint density at radius 3 is 2.46 bits per heavy atom. The molecule has 1 N–H and O–H groups in total. The van der Waals surface area contributed by atoms with E-state index in [2.05, 4.69) is 22.0 Å².